The maximum absolute atomic E-state index is 12.6. The minimum absolute atomic E-state index is 0.157. The van der Waals surface area contributed by atoms with Crippen LogP contribution in [0.5, 0.6) is 5.75 Å². The molecule has 2 heterocycles. The molecule has 0 spiro atoms. The number of hydrogen-bond donors (Lipinski definition) is 3. The molecule has 0 saturated carbocycles. The van der Waals surface area contributed by atoms with Crippen molar-refractivity contribution in [3.05, 3.63) is 76.0 Å². The van der Waals surface area contributed by atoms with Crippen LogP contribution in [0.1, 0.15) is 17.0 Å². The summed E-state index contributed by atoms with van der Waals surface area (Å²) in [7, 11) is 3.35. The Bertz CT molecular complexity index is 1100. The molecular weight excluding hydrogens is 372 g/mol. The number of amides is 1. The number of nitrogens with two attached hydrogens (primary N) is 1. The van der Waals surface area contributed by atoms with Crippen LogP contribution in [0.2, 0.25) is 0 Å². The predicted molar refractivity (Wildman–Crippen MR) is 110 cm³/mol. The van der Waals surface area contributed by atoms with E-state index < -0.39 is 5.91 Å². The van der Waals surface area contributed by atoms with E-state index in [2.05, 4.69) is 20.4 Å². The van der Waals surface area contributed by atoms with Crippen LogP contribution in [0.25, 0.3) is 0 Å². The first-order valence-corrected chi connectivity index (χ1v) is 8.90. The normalized spacial score (nSPS) is 11.3. The van der Waals surface area contributed by atoms with Gasteiger partial charge in [-0.15, -0.1) is 0 Å². The van der Waals surface area contributed by atoms with Crippen molar-refractivity contribution in [3.63, 3.8) is 0 Å². The van der Waals surface area contributed by atoms with Gasteiger partial charge in [-0.05, 0) is 30.3 Å². The molecule has 150 valence electrons. The lowest BCUT2D eigenvalue weighted by Gasteiger charge is -2.13. The van der Waals surface area contributed by atoms with Crippen LogP contribution in [0.3, 0.4) is 0 Å². The molecule has 29 heavy (non-hydrogen) atoms. The quantitative estimate of drug-likeness (QED) is 0.407. The molecule has 0 fully saturated rings. The van der Waals surface area contributed by atoms with Crippen LogP contribution in [0.15, 0.2) is 58.4 Å². The van der Waals surface area contributed by atoms with Gasteiger partial charge in [-0.2, -0.15) is 5.10 Å². The fraction of sp³-hybridized carbons (Fsp3) is 0.200. The Kier molecular flexibility index (Phi) is 6.08. The molecule has 1 amide bonds. The summed E-state index contributed by atoms with van der Waals surface area (Å²) in [5.74, 6) is 0.143. The number of benzene rings is 1. The molecule has 3 rings (SSSR count). The average molecular weight is 394 g/mol. The lowest BCUT2D eigenvalue weighted by Crippen LogP contribution is -2.32. The third-order valence-corrected chi connectivity index (χ3v) is 4.30. The molecule has 0 radical (unpaired) electrons. The second-order valence-electron chi connectivity index (χ2n) is 6.28. The molecule has 0 unspecified atom stereocenters. The van der Waals surface area contributed by atoms with Crippen molar-refractivity contribution >= 4 is 17.3 Å². The van der Waals surface area contributed by atoms with Gasteiger partial charge in [0, 0.05) is 43.3 Å². The zero-order valence-electron chi connectivity index (χ0n) is 16.2. The fourth-order valence-corrected chi connectivity index (χ4v) is 2.73. The van der Waals surface area contributed by atoms with E-state index in [1.807, 2.05) is 13.1 Å². The Hall–Kier alpha value is -3.88. The molecule has 1 aromatic carbocycles. The summed E-state index contributed by atoms with van der Waals surface area (Å²) in [6.07, 6.45) is 1.69. The molecule has 0 aliphatic carbocycles. The lowest BCUT2D eigenvalue weighted by atomic mass is 10.1. The highest BCUT2D eigenvalue weighted by Gasteiger charge is 2.17. The Morgan fingerprint density at radius 3 is 2.83 bits per heavy atom. The molecule has 9 nitrogen and oxygen atoms in total. The number of carbonyl (C=O) groups excluding carboxylic acids is 1. The van der Waals surface area contributed by atoms with Crippen molar-refractivity contribution in [1.29, 1.82) is 0 Å². The first-order chi connectivity index (χ1) is 14.0. The van der Waals surface area contributed by atoms with Gasteiger partial charge in [0.05, 0.1) is 12.2 Å². The van der Waals surface area contributed by atoms with Crippen LogP contribution in [0.4, 0.5) is 5.69 Å². The van der Waals surface area contributed by atoms with Crippen LogP contribution in [0, 0.1) is 0 Å². The molecule has 3 aromatic rings. The monoisotopic (exact) mass is 394 g/mol. The highest BCUT2D eigenvalue weighted by molar-refractivity contribution is 6.46. The number of nitrogens with one attached hydrogen (secondary N) is 2. The molecule has 0 bridgehead atoms. The number of ether oxygens (including phenoxy) is 1. The standard InChI is InChI=1S/C20H22N6O3/c1-22-19(20(28)23-11-13-4-3-5-18(27)25-13)16-10-15(6-7-17(16)21)29-12-14-8-9-24-26(14)2/h3-10H,11-12,21H2,1-2H3,(H,23,28)(H,25,27). The van der Waals surface area contributed by atoms with Crippen LogP contribution < -0.4 is 21.3 Å². The van der Waals surface area contributed by atoms with Crippen LogP contribution in [-0.4, -0.2) is 33.4 Å². The van der Waals surface area contributed by atoms with E-state index in [0.29, 0.717) is 29.3 Å². The number of rotatable bonds is 7. The van der Waals surface area contributed by atoms with Gasteiger partial charge >= 0.3 is 0 Å². The molecule has 0 aliphatic rings. The van der Waals surface area contributed by atoms with E-state index in [1.54, 1.807) is 41.2 Å². The highest BCUT2D eigenvalue weighted by Crippen LogP contribution is 2.22. The van der Waals surface area contributed by atoms with Crippen molar-refractivity contribution in [3.8, 4) is 5.75 Å². The van der Waals surface area contributed by atoms with Crippen LogP contribution in [-0.2, 0) is 25.0 Å². The van der Waals surface area contributed by atoms with E-state index in [9.17, 15) is 9.59 Å². The Morgan fingerprint density at radius 1 is 1.31 bits per heavy atom. The van der Waals surface area contributed by atoms with Gasteiger partial charge in [0.25, 0.3) is 5.91 Å². The second kappa shape index (κ2) is 8.87. The number of aliphatic imine (C=N–C) groups is 1. The number of nitrogens with zero attached hydrogens (tertiary/aromatic N) is 3. The largest absolute Gasteiger partial charge is 0.487 e. The van der Waals surface area contributed by atoms with E-state index in [4.69, 9.17) is 10.5 Å². The molecule has 0 atom stereocenters. The highest BCUT2D eigenvalue weighted by atomic mass is 16.5. The number of carbonyl (C=O) groups is 1. The Morgan fingerprint density at radius 2 is 2.14 bits per heavy atom. The van der Waals surface area contributed by atoms with E-state index in [1.165, 1.54) is 13.1 Å². The number of hydrogen-bond acceptors (Lipinski definition) is 6. The fourth-order valence-electron chi connectivity index (χ4n) is 2.73. The van der Waals surface area contributed by atoms with Crippen LogP contribution >= 0.6 is 0 Å². The van der Waals surface area contributed by atoms with Crippen molar-refractivity contribution in [2.75, 3.05) is 12.8 Å². The maximum Gasteiger partial charge on any atom is 0.270 e. The van der Waals surface area contributed by atoms with Crippen molar-refractivity contribution in [2.45, 2.75) is 13.2 Å². The smallest absolute Gasteiger partial charge is 0.270 e. The van der Waals surface area contributed by atoms with Gasteiger partial charge in [-0.1, -0.05) is 6.07 Å². The van der Waals surface area contributed by atoms with Gasteiger partial charge in [-0.3, -0.25) is 19.3 Å². The summed E-state index contributed by atoms with van der Waals surface area (Å²) in [5.41, 5.74) is 8.37. The first kappa shape index (κ1) is 19.9. The van der Waals surface area contributed by atoms with Gasteiger partial charge < -0.3 is 20.8 Å². The average Bonchev–Trinajstić information content (AvgIpc) is 3.12. The Labute approximate surface area is 167 Å². The third kappa shape index (κ3) is 4.89. The van der Waals surface area contributed by atoms with Crippen molar-refractivity contribution < 1.29 is 9.53 Å². The van der Waals surface area contributed by atoms with E-state index in [0.717, 1.165) is 5.69 Å². The summed E-state index contributed by atoms with van der Waals surface area (Å²) >= 11 is 0. The zero-order chi connectivity index (χ0) is 20.8. The summed E-state index contributed by atoms with van der Waals surface area (Å²) in [4.78, 5) is 30.8. The number of H-pyrrole nitrogens is 1. The van der Waals surface area contributed by atoms with Crippen molar-refractivity contribution in [2.24, 2.45) is 12.0 Å². The number of anilines is 1. The third-order valence-electron chi connectivity index (χ3n) is 4.30. The molecule has 2 aromatic heterocycles. The number of nitrogen functional groups attached to an aromatic ring is 1. The summed E-state index contributed by atoms with van der Waals surface area (Å²) in [5, 5.41) is 6.84. The lowest BCUT2D eigenvalue weighted by molar-refractivity contribution is -0.114. The summed E-state index contributed by atoms with van der Waals surface area (Å²) < 4.78 is 7.52. The summed E-state index contributed by atoms with van der Waals surface area (Å²) in [6.45, 7) is 0.483. The van der Waals surface area contributed by atoms with Gasteiger partial charge in [0.1, 0.15) is 18.1 Å². The first-order valence-electron chi connectivity index (χ1n) is 8.90. The second-order valence-corrected chi connectivity index (χ2v) is 6.28. The topological polar surface area (TPSA) is 127 Å². The summed E-state index contributed by atoms with van der Waals surface area (Å²) in [6, 6.07) is 11.7. The molecule has 0 saturated heterocycles. The maximum atomic E-state index is 12.6. The number of pyridine rings is 1. The van der Waals surface area contributed by atoms with E-state index in [-0.39, 0.29) is 17.8 Å². The minimum atomic E-state index is -0.410. The zero-order valence-corrected chi connectivity index (χ0v) is 16.2. The van der Waals surface area contributed by atoms with Gasteiger partial charge in [-0.25, -0.2) is 0 Å². The molecular formula is C20H22N6O3. The number of aromatic nitrogens is 3. The molecule has 9 heteroatoms. The minimum Gasteiger partial charge on any atom is -0.487 e. The molecule has 4 N–H and O–H groups in total. The van der Waals surface area contributed by atoms with E-state index >= 15 is 0 Å². The van der Waals surface area contributed by atoms with Crippen molar-refractivity contribution in [1.82, 2.24) is 20.1 Å². The number of aryl methyl sites for hydroxylation is 1. The Balaban J connectivity index is 1.73. The molecule has 0 aliphatic heterocycles. The van der Waals surface area contributed by atoms with Gasteiger partial charge in [0.2, 0.25) is 5.56 Å². The van der Waals surface area contributed by atoms with Gasteiger partial charge in [0.15, 0.2) is 0 Å². The number of aromatic amines is 1. The predicted octanol–water partition coefficient (Wildman–Crippen LogP) is 1.00. The SMILES string of the molecule is CN=C(C(=O)NCc1cccc(=O)[nH]1)c1cc(OCc2ccnn2C)ccc1N.